The van der Waals surface area contributed by atoms with Crippen molar-refractivity contribution < 1.29 is 92.5 Å². The number of phenolic OH excluding ortho intramolecular Hbond substituents is 2. The maximum absolute atomic E-state index is 14.5. The lowest BCUT2D eigenvalue weighted by molar-refractivity contribution is -0.249. The summed E-state index contributed by atoms with van der Waals surface area (Å²) in [6.45, 7) is 5.28. The number of phenols is 2. The third-order valence-corrected chi connectivity index (χ3v) is 15.0. The van der Waals surface area contributed by atoms with E-state index in [2.05, 4.69) is 21.3 Å². The number of carbonyl (C=O) groups is 8. The quantitative estimate of drug-likeness (QED) is 0.0438. The van der Waals surface area contributed by atoms with Gasteiger partial charge in [0.05, 0.1) is 42.0 Å². The fraction of sp³-hybridized carbons (Fsp3) is 0.500. The van der Waals surface area contributed by atoms with Crippen LogP contribution < -0.4 is 26.0 Å². The van der Waals surface area contributed by atoms with Crippen molar-refractivity contribution in [2.45, 2.75) is 133 Å². The predicted molar refractivity (Wildman–Crippen MR) is 268 cm³/mol. The van der Waals surface area contributed by atoms with E-state index in [0.717, 1.165) is 0 Å². The number of ketones is 3. The molecule has 0 bridgehead atoms. The summed E-state index contributed by atoms with van der Waals surface area (Å²) in [4.78, 5) is 129. The molecule has 3 aromatic carbocycles. The van der Waals surface area contributed by atoms with Gasteiger partial charge in [-0.05, 0) is 50.7 Å². The minimum atomic E-state index is -4.74. The van der Waals surface area contributed by atoms with E-state index in [1.807, 2.05) is 0 Å². The normalized spacial score (nSPS) is 24.1. The molecule has 77 heavy (non-hydrogen) atoms. The molecule has 10 atom stereocenters. The molecular formula is C52H64N5O19P. The monoisotopic (exact) mass is 1090 g/mol. The number of amides is 5. The van der Waals surface area contributed by atoms with Crippen molar-refractivity contribution >= 4 is 54.5 Å². The maximum atomic E-state index is 14.5. The number of benzene rings is 3. The van der Waals surface area contributed by atoms with Gasteiger partial charge in [-0.2, -0.15) is 0 Å². The molecule has 2 fully saturated rings. The number of aromatic hydroxyl groups is 2. The van der Waals surface area contributed by atoms with Gasteiger partial charge in [-0.15, -0.1) is 0 Å². The van der Waals surface area contributed by atoms with Gasteiger partial charge in [0.1, 0.15) is 65.9 Å². The Balaban J connectivity index is 1.12. The zero-order chi connectivity index (χ0) is 56.4. The van der Waals surface area contributed by atoms with Gasteiger partial charge in [0.25, 0.3) is 0 Å². The minimum Gasteiger partial charge on any atom is -0.507 e. The first-order valence-corrected chi connectivity index (χ1v) is 26.9. The number of nitrogens with zero attached hydrogens (tertiary/aromatic N) is 1. The van der Waals surface area contributed by atoms with Crippen LogP contribution in [-0.2, 0) is 55.6 Å². The lowest BCUT2D eigenvalue weighted by Gasteiger charge is -2.43. The number of hydrogen-bond donors (Lipinski definition) is 11. The van der Waals surface area contributed by atoms with Crippen LogP contribution in [0.1, 0.15) is 114 Å². The molecule has 4 aliphatic rings. The second-order valence-electron chi connectivity index (χ2n) is 20.4. The molecule has 3 aromatic rings. The van der Waals surface area contributed by atoms with Crippen molar-refractivity contribution in [1.82, 2.24) is 26.2 Å². The summed E-state index contributed by atoms with van der Waals surface area (Å²) < 4.78 is 29.1. The summed E-state index contributed by atoms with van der Waals surface area (Å²) in [5, 5.41) is 67.3. The average Bonchev–Trinajstić information content (AvgIpc) is 3.94. The largest absolute Gasteiger partial charge is 0.507 e. The highest BCUT2D eigenvalue weighted by molar-refractivity contribution is 7.52. The average molecular weight is 1090 g/mol. The number of rotatable bonds is 19. The number of ether oxygens (including phenoxy) is 3. The molecule has 0 aromatic heterocycles. The summed E-state index contributed by atoms with van der Waals surface area (Å²) in [5.74, 6) is -8.65. The van der Waals surface area contributed by atoms with Crippen molar-refractivity contribution in [2.24, 2.45) is 5.92 Å². The van der Waals surface area contributed by atoms with Gasteiger partial charge in [0.15, 0.2) is 17.9 Å². The summed E-state index contributed by atoms with van der Waals surface area (Å²) in [5.41, 5.74) is -3.96. The first-order valence-electron chi connectivity index (χ1n) is 25.1. The molecule has 2 aliphatic heterocycles. The Morgan fingerprint density at radius 3 is 2.23 bits per heavy atom. The number of likely N-dealkylation sites (tertiary alicyclic amines) is 1. The van der Waals surface area contributed by atoms with E-state index in [9.17, 15) is 78.2 Å². The Morgan fingerprint density at radius 1 is 0.896 bits per heavy atom. The Hall–Kier alpha value is -6.63. The van der Waals surface area contributed by atoms with Crippen molar-refractivity contribution in [2.75, 3.05) is 26.4 Å². The Labute approximate surface area is 442 Å². The summed E-state index contributed by atoms with van der Waals surface area (Å²) in [6, 6.07) is 6.70. The van der Waals surface area contributed by atoms with Gasteiger partial charge < -0.3 is 75.7 Å². The number of methoxy groups -OCH3 is 1. The molecule has 7 rings (SSSR count). The van der Waals surface area contributed by atoms with Crippen LogP contribution in [0, 0.1) is 5.92 Å². The summed E-state index contributed by atoms with van der Waals surface area (Å²) in [7, 11) is -3.46. The number of hydrogen-bond acceptors (Lipinski definition) is 17. The van der Waals surface area contributed by atoms with Crippen LogP contribution in [-0.4, -0.2) is 168 Å². The van der Waals surface area contributed by atoms with E-state index < -0.39 is 163 Å². The highest BCUT2D eigenvalue weighted by Gasteiger charge is 2.51. The van der Waals surface area contributed by atoms with Gasteiger partial charge in [0.2, 0.25) is 35.3 Å². The third-order valence-electron chi connectivity index (χ3n) is 14.3. The predicted octanol–water partition coefficient (Wildman–Crippen LogP) is 0.0906. The van der Waals surface area contributed by atoms with Crippen LogP contribution >= 0.6 is 7.60 Å². The maximum Gasteiger partial charge on any atom is 0.334 e. The number of aliphatic hydroxyl groups is 3. The minimum absolute atomic E-state index is 0.00750. The van der Waals surface area contributed by atoms with Crippen LogP contribution in [0.15, 0.2) is 48.5 Å². The zero-order valence-electron chi connectivity index (χ0n) is 42.9. The van der Waals surface area contributed by atoms with Gasteiger partial charge in [-0.1, -0.05) is 56.3 Å². The second-order valence-corrected chi connectivity index (χ2v) is 22.0. The van der Waals surface area contributed by atoms with Gasteiger partial charge in [0, 0.05) is 48.9 Å². The number of Topliss-reactive ketones (excluding diaryl/α,β-unsaturated/α-hetero) is 1. The summed E-state index contributed by atoms with van der Waals surface area (Å²) >= 11 is 0. The molecular weight excluding hydrogens is 1030 g/mol. The van der Waals surface area contributed by atoms with E-state index in [-0.39, 0.29) is 66.1 Å². The van der Waals surface area contributed by atoms with Crippen LogP contribution in [0.2, 0.25) is 0 Å². The fourth-order valence-corrected chi connectivity index (χ4v) is 11.0. The molecule has 10 unspecified atom stereocenters. The molecule has 5 amide bonds. The highest BCUT2D eigenvalue weighted by atomic mass is 31.2. The molecule has 416 valence electrons. The van der Waals surface area contributed by atoms with E-state index in [1.165, 1.54) is 44.1 Å². The third kappa shape index (κ3) is 12.6. The number of aliphatic hydroxyl groups excluding tert-OH is 2. The van der Waals surface area contributed by atoms with Gasteiger partial charge >= 0.3 is 7.60 Å². The Kier molecular flexibility index (Phi) is 17.7. The molecule has 2 heterocycles. The number of fused-ring (bicyclic) bond motifs is 3. The van der Waals surface area contributed by atoms with Gasteiger partial charge in [-0.3, -0.25) is 42.9 Å². The van der Waals surface area contributed by atoms with Gasteiger partial charge in [-0.25, -0.2) is 0 Å². The molecule has 0 radical (unpaired) electrons. The van der Waals surface area contributed by atoms with E-state index >= 15 is 0 Å². The molecule has 2 aliphatic carbocycles. The first-order chi connectivity index (χ1) is 36.3. The molecule has 11 N–H and O–H groups in total. The van der Waals surface area contributed by atoms with Crippen molar-refractivity contribution in [3.8, 4) is 17.2 Å². The highest BCUT2D eigenvalue weighted by Crippen LogP contribution is 2.52. The summed E-state index contributed by atoms with van der Waals surface area (Å²) in [6.07, 6.45) is -7.87. The molecule has 2 saturated heterocycles. The van der Waals surface area contributed by atoms with Crippen LogP contribution in [0.5, 0.6) is 17.2 Å². The van der Waals surface area contributed by atoms with Crippen molar-refractivity contribution in [1.29, 1.82) is 0 Å². The lowest BCUT2D eigenvalue weighted by Crippen LogP contribution is -2.61. The molecule has 0 saturated carbocycles. The lowest BCUT2D eigenvalue weighted by atomic mass is 9.72. The number of nitrogens with one attached hydrogen (secondary N) is 4. The SMILES string of the molecule is COc1cccc2c1C(=O)c1c(O)c3c(c(O)c1C2=O)CC(O)(C(=O)CO)CC3OC1CC(NC(=O)C(Cc2ccccc2)NC(=O)C2CCCN2C(=O)C(CC(C)C)NC(=O)C(C)NC(=O)CP(=O)(O)O)C(O)C(C)O1. The Morgan fingerprint density at radius 2 is 1.58 bits per heavy atom. The molecule has 24 nitrogen and oxygen atoms in total. The fourth-order valence-electron chi connectivity index (χ4n) is 10.5. The standard InChI is InChI=1S/C52H64N5O19P/c1-24(2)17-32(56-48(66)25(3)53-37(60)23-77(71,72)73)51(69)57-16-10-14-33(57)50(68)55-31(18-27-11-7-6-8-12-27)49(67)54-30-19-38(75-26(4)43(30)61)76-35-21-52(70,36(59)22-58)20-29-40(35)47(65)42-41(45(29)63)44(62)28-13-9-15-34(74-5)39(28)46(42)64/h6-9,11-13,15,24-26,30-33,35,38,43,58,61,63,65,70H,10,14,16-23H2,1-5H3,(H,53,60)(H,54,67)(H,55,68)(H,56,66)(H2,71,72,73). The van der Waals surface area contributed by atoms with E-state index in [4.69, 9.17) is 14.2 Å². The first kappa shape index (κ1) is 58.1. The molecule has 25 heteroatoms. The van der Waals surface area contributed by atoms with Crippen LogP contribution in [0.25, 0.3) is 0 Å². The topological polar surface area (TPSA) is 374 Å². The van der Waals surface area contributed by atoms with E-state index in [0.29, 0.717) is 12.0 Å². The van der Waals surface area contributed by atoms with Crippen molar-refractivity contribution in [3.05, 3.63) is 87.5 Å². The molecule has 0 spiro atoms. The van der Waals surface area contributed by atoms with Crippen LogP contribution in [0.4, 0.5) is 0 Å². The second kappa shape index (κ2) is 23.5. The van der Waals surface area contributed by atoms with Crippen molar-refractivity contribution in [3.63, 3.8) is 0 Å². The Bertz CT molecular complexity index is 2880. The smallest absolute Gasteiger partial charge is 0.334 e. The number of carbonyl (C=O) groups excluding carboxylic acids is 8. The van der Waals surface area contributed by atoms with Crippen LogP contribution in [0.3, 0.4) is 0 Å². The van der Waals surface area contributed by atoms with E-state index in [1.54, 1.807) is 44.2 Å². The zero-order valence-corrected chi connectivity index (χ0v) is 43.8.